The summed E-state index contributed by atoms with van der Waals surface area (Å²) in [6, 6.07) is 19.9. The zero-order valence-electron chi connectivity index (χ0n) is 20.1. The molecule has 9 nitrogen and oxygen atoms in total. The van der Waals surface area contributed by atoms with E-state index in [-0.39, 0.29) is 17.6 Å². The maximum absolute atomic E-state index is 13.0. The molecule has 0 spiro atoms. The number of furan rings is 1. The van der Waals surface area contributed by atoms with Crippen LogP contribution in [0.5, 0.6) is 0 Å². The normalized spacial score (nSPS) is 13.9. The molecule has 2 aromatic carbocycles. The monoisotopic (exact) mass is 492 g/mol. The van der Waals surface area contributed by atoms with Crippen LogP contribution in [-0.4, -0.2) is 22.5 Å². The number of carbonyl (C=O) groups excluding carboxylic acids is 2. The minimum Gasteiger partial charge on any atom is -0.455 e. The number of aromatic nitrogens is 1. The van der Waals surface area contributed by atoms with Gasteiger partial charge in [-0.05, 0) is 68.3 Å². The third kappa shape index (κ3) is 5.51. The van der Waals surface area contributed by atoms with Crippen LogP contribution < -0.4 is 10.7 Å². The Bertz CT molecular complexity index is 1480. The van der Waals surface area contributed by atoms with E-state index >= 15 is 0 Å². The first-order chi connectivity index (χ1) is 18.1. The number of nitrogens with zero attached hydrogens (tertiary/aromatic N) is 4. The first-order valence-electron chi connectivity index (χ1n) is 11.9. The first-order valence-corrected chi connectivity index (χ1v) is 11.9. The van der Waals surface area contributed by atoms with Crippen LogP contribution in [0.25, 0.3) is 0 Å². The van der Waals surface area contributed by atoms with Crippen molar-refractivity contribution in [3.8, 4) is 0 Å². The zero-order valence-corrected chi connectivity index (χ0v) is 20.1. The van der Waals surface area contributed by atoms with E-state index in [1.54, 1.807) is 42.6 Å². The SMILES string of the molecule is Cc1c(C(=O)Nc2ccc(N=Nc3ccccc3)cc2)oc2c1/C(=N/NC(=O)c1cccnc1)CCC2. The van der Waals surface area contributed by atoms with Gasteiger partial charge in [-0.15, -0.1) is 0 Å². The van der Waals surface area contributed by atoms with E-state index in [1.807, 2.05) is 37.3 Å². The van der Waals surface area contributed by atoms with Crippen molar-refractivity contribution in [1.82, 2.24) is 10.4 Å². The van der Waals surface area contributed by atoms with E-state index < -0.39 is 0 Å². The Morgan fingerprint density at radius 3 is 2.38 bits per heavy atom. The highest BCUT2D eigenvalue weighted by atomic mass is 16.4. The quantitative estimate of drug-likeness (QED) is 0.249. The summed E-state index contributed by atoms with van der Waals surface area (Å²) in [5.74, 6) is 0.217. The van der Waals surface area contributed by atoms with Crippen LogP contribution in [-0.2, 0) is 6.42 Å². The molecule has 0 bridgehead atoms. The third-order valence-corrected chi connectivity index (χ3v) is 5.91. The molecule has 1 aliphatic carbocycles. The number of hydrogen-bond acceptors (Lipinski definition) is 7. The lowest BCUT2D eigenvalue weighted by molar-refractivity contribution is 0.0953. The Morgan fingerprint density at radius 2 is 1.65 bits per heavy atom. The molecule has 2 aromatic heterocycles. The van der Waals surface area contributed by atoms with Crippen molar-refractivity contribution < 1.29 is 14.0 Å². The maximum atomic E-state index is 13.0. The number of pyridine rings is 1. The first kappa shape index (κ1) is 23.8. The number of benzene rings is 2. The molecule has 0 aliphatic heterocycles. The third-order valence-electron chi connectivity index (χ3n) is 5.91. The number of aryl methyl sites for hydroxylation is 1. The number of azo groups is 1. The number of carbonyl (C=O) groups is 2. The van der Waals surface area contributed by atoms with E-state index in [9.17, 15) is 9.59 Å². The zero-order chi connectivity index (χ0) is 25.6. The van der Waals surface area contributed by atoms with Crippen LogP contribution in [0, 0.1) is 6.92 Å². The van der Waals surface area contributed by atoms with Gasteiger partial charge in [0.1, 0.15) is 5.76 Å². The summed E-state index contributed by atoms with van der Waals surface area (Å²) in [5, 5.41) is 15.6. The molecule has 0 unspecified atom stereocenters. The second-order valence-electron chi connectivity index (χ2n) is 8.49. The molecule has 4 aromatic rings. The van der Waals surface area contributed by atoms with Crippen molar-refractivity contribution in [2.24, 2.45) is 15.3 Å². The van der Waals surface area contributed by atoms with Crippen LogP contribution in [0.15, 0.2) is 98.9 Å². The van der Waals surface area contributed by atoms with E-state index in [0.717, 1.165) is 17.7 Å². The molecule has 0 atom stereocenters. The lowest BCUT2D eigenvalue weighted by Gasteiger charge is -2.13. The molecular weight excluding hydrogens is 468 g/mol. The van der Waals surface area contributed by atoms with Gasteiger partial charge in [0, 0.05) is 35.6 Å². The number of hydrogen-bond donors (Lipinski definition) is 2. The molecular formula is C28H24N6O3. The number of nitrogens with one attached hydrogen (secondary N) is 2. The predicted octanol–water partition coefficient (Wildman–Crippen LogP) is 6.12. The average Bonchev–Trinajstić information content (AvgIpc) is 3.29. The van der Waals surface area contributed by atoms with Gasteiger partial charge in [-0.3, -0.25) is 14.6 Å². The van der Waals surface area contributed by atoms with Crippen LogP contribution in [0.2, 0.25) is 0 Å². The van der Waals surface area contributed by atoms with Crippen LogP contribution in [0.1, 0.15) is 50.6 Å². The molecule has 0 saturated carbocycles. The highest BCUT2D eigenvalue weighted by Crippen LogP contribution is 2.30. The van der Waals surface area contributed by atoms with Gasteiger partial charge >= 0.3 is 0 Å². The summed E-state index contributed by atoms with van der Waals surface area (Å²) in [7, 11) is 0. The number of fused-ring (bicyclic) bond motifs is 1. The van der Waals surface area contributed by atoms with E-state index in [2.05, 4.69) is 31.1 Å². The van der Waals surface area contributed by atoms with Gasteiger partial charge in [-0.1, -0.05) is 18.2 Å². The van der Waals surface area contributed by atoms with Gasteiger partial charge in [0.25, 0.3) is 11.8 Å². The molecule has 184 valence electrons. The summed E-state index contributed by atoms with van der Waals surface area (Å²) in [5.41, 5.74) is 7.20. The van der Waals surface area contributed by atoms with E-state index in [0.29, 0.717) is 46.8 Å². The Labute approximate surface area is 213 Å². The topological polar surface area (TPSA) is 121 Å². The molecule has 1 aliphatic rings. The smallest absolute Gasteiger partial charge is 0.291 e. The Balaban J connectivity index is 1.29. The van der Waals surface area contributed by atoms with Crippen molar-refractivity contribution >= 4 is 34.6 Å². The maximum Gasteiger partial charge on any atom is 0.291 e. The number of hydrazone groups is 1. The second-order valence-corrected chi connectivity index (χ2v) is 8.49. The fraction of sp³-hybridized carbons (Fsp3) is 0.143. The molecule has 2 heterocycles. The van der Waals surface area contributed by atoms with E-state index in [1.165, 1.54) is 6.20 Å². The summed E-state index contributed by atoms with van der Waals surface area (Å²) < 4.78 is 5.95. The molecule has 2 amide bonds. The standard InChI is InChI=1S/C28H24N6O3/c1-18-25-23(33-34-27(35)19-7-6-16-29-17-19)10-5-11-24(25)37-26(18)28(36)30-20-12-14-22(15-13-20)32-31-21-8-3-2-4-9-21/h2-4,6-9,12-17H,5,10-11H2,1H3,(H,30,36)(H,34,35)/b32-31?,33-23+. The molecule has 9 heteroatoms. The van der Waals surface area contributed by atoms with Gasteiger partial charge < -0.3 is 9.73 Å². The van der Waals surface area contributed by atoms with Gasteiger partial charge in [0.15, 0.2) is 5.76 Å². The molecule has 0 saturated heterocycles. The van der Waals surface area contributed by atoms with Crippen LogP contribution >= 0.6 is 0 Å². The fourth-order valence-corrected chi connectivity index (χ4v) is 4.09. The second kappa shape index (κ2) is 10.8. The summed E-state index contributed by atoms with van der Waals surface area (Å²) in [6.45, 7) is 1.83. The summed E-state index contributed by atoms with van der Waals surface area (Å²) >= 11 is 0. The highest BCUT2D eigenvalue weighted by Gasteiger charge is 2.28. The minimum atomic E-state index is -0.357. The van der Waals surface area contributed by atoms with Crippen LogP contribution in [0.4, 0.5) is 17.1 Å². The molecule has 0 radical (unpaired) electrons. The largest absolute Gasteiger partial charge is 0.455 e. The minimum absolute atomic E-state index is 0.228. The van der Waals surface area contributed by atoms with Gasteiger partial charge in [0.2, 0.25) is 0 Å². The van der Waals surface area contributed by atoms with Crippen molar-refractivity contribution in [3.63, 3.8) is 0 Å². The predicted molar refractivity (Wildman–Crippen MR) is 140 cm³/mol. The lowest BCUT2D eigenvalue weighted by atomic mass is 9.93. The Kier molecular flexibility index (Phi) is 6.93. The molecule has 37 heavy (non-hydrogen) atoms. The molecule has 5 rings (SSSR count). The number of anilines is 1. The van der Waals surface area contributed by atoms with Crippen molar-refractivity contribution in [2.45, 2.75) is 26.2 Å². The van der Waals surface area contributed by atoms with Gasteiger partial charge in [0.05, 0.1) is 22.6 Å². The number of amides is 2. The van der Waals surface area contributed by atoms with Crippen molar-refractivity contribution in [2.75, 3.05) is 5.32 Å². The number of rotatable bonds is 6. The molecule has 2 N–H and O–H groups in total. The van der Waals surface area contributed by atoms with E-state index in [4.69, 9.17) is 4.42 Å². The summed E-state index contributed by atoms with van der Waals surface area (Å²) in [4.78, 5) is 29.4. The highest BCUT2D eigenvalue weighted by molar-refractivity contribution is 6.09. The Hall–Kier alpha value is -4.92. The van der Waals surface area contributed by atoms with Crippen LogP contribution in [0.3, 0.4) is 0 Å². The average molecular weight is 493 g/mol. The Morgan fingerprint density at radius 1 is 0.892 bits per heavy atom. The van der Waals surface area contributed by atoms with Crippen molar-refractivity contribution in [1.29, 1.82) is 0 Å². The fourth-order valence-electron chi connectivity index (χ4n) is 4.09. The van der Waals surface area contributed by atoms with Gasteiger partial charge in [-0.2, -0.15) is 15.3 Å². The lowest BCUT2D eigenvalue weighted by Crippen LogP contribution is -2.22. The summed E-state index contributed by atoms with van der Waals surface area (Å²) in [6.07, 6.45) is 5.25. The molecule has 0 fully saturated rings. The van der Waals surface area contributed by atoms with Gasteiger partial charge in [-0.25, -0.2) is 5.43 Å². The van der Waals surface area contributed by atoms with Crippen molar-refractivity contribution in [3.05, 3.63) is 107 Å².